The second-order valence-corrected chi connectivity index (χ2v) is 5.30. The van der Waals surface area contributed by atoms with Gasteiger partial charge in [-0.15, -0.1) is 11.3 Å². The maximum Gasteiger partial charge on any atom is 0.194 e. The molecule has 0 unspecified atom stereocenters. The smallest absolute Gasteiger partial charge is 0.194 e. The maximum atomic E-state index is 13.1. The lowest BCUT2D eigenvalue weighted by atomic mass is 10.3. The van der Waals surface area contributed by atoms with Crippen LogP contribution in [0.25, 0.3) is 10.2 Å². The molecule has 20 heavy (non-hydrogen) atoms. The SMILES string of the molecule is Fc1cc(NCc2nc3ccccc3s2)cc(F)c1F. The summed E-state index contributed by atoms with van der Waals surface area (Å²) < 4.78 is 40.0. The van der Waals surface area contributed by atoms with Gasteiger partial charge in [-0.05, 0) is 12.1 Å². The normalized spacial score (nSPS) is 10.9. The molecule has 0 spiro atoms. The van der Waals surface area contributed by atoms with Crippen molar-refractivity contribution in [3.8, 4) is 0 Å². The molecule has 0 fully saturated rings. The number of fused-ring (bicyclic) bond motifs is 1. The van der Waals surface area contributed by atoms with Crippen LogP contribution in [0.2, 0.25) is 0 Å². The summed E-state index contributed by atoms with van der Waals surface area (Å²) in [5.41, 5.74) is 1.06. The van der Waals surface area contributed by atoms with E-state index in [9.17, 15) is 13.2 Å². The van der Waals surface area contributed by atoms with E-state index in [0.29, 0.717) is 6.54 Å². The van der Waals surface area contributed by atoms with Gasteiger partial charge in [-0.25, -0.2) is 18.2 Å². The van der Waals surface area contributed by atoms with Gasteiger partial charge in [-0.1, -0.05) is 12.1 Å². The summed E-state index contributed by atoms with van der Waals surface area (Å²) in [7, 11) is 0. The predicted octanol–water partition coefficient (Wildman–Crippen LogP) is 4.33. The largest absolute Gasteiger partial charge is 0.378 e. The Kier molecular flexibility index (Phi) is 3.31. The standard InChI is InChI=1S/C14H9F3N2S/c15-9-5-8(6-10(16)14(9)17)18-7-13-19-11-3-1-2-4-12(11)20-13/h1-6,18H,7H2. The Hall–Kier alpha value is -2.08. The van der Waals surface area contributed by atoms with Crippen molar-refractivity contribution < 1.29 is 13.2 Å². The summed E-state index contributed by atoms with van der Waals surface area (Å²) in [6, 6.07) is 9.50. The van der Waals surface area contributed by atoms with Crippen LogP contribution in [0.1, 0.15) is 5.01 Å². The van der Waals surface area contributed by atoms with Crippen LogP contribution >= 0.6 is 11.3 Å². The van der Waals surface area contributed by atoms with Gasteiger partial charge in [0.2, 0.25) is 0 Å². The average molecular weight is 294 g/mol. The molecule has 0 bridgehead atoms. The number of para-hydroxylation sites is 1. The number of halogens is 3. The molecule has 0 saturated carbocycles. The number of thiazole rings is 1. The Labute approximate surface area is 116 Å². The van der Waals surface area contributed by atoms with Crippen molar-refractivity contribution >= 4 is 27.2 Å². The van der Waals surface area contributed by atoms with E-state index >= 15 is 0 Å². The predicted molar refractivity (Wildman–Crippen MR) is 73.3 cm³/mol. The summed E-state index contributed by atoms with van der Waals surface area (Å²) in [5, 5.41) is 3.62. The van der Waals surface area contributed by atoms with E-state index in [4.69, 9.17) is 0 Å². The molecule has 0 atom stereocenters. The fourth-order valence-corrected chi connectivity index (χ4v) is 2.74. The average Bonchev–Trinajstić information content (AvgIpc) is 2.85. The van der Waals surface area contributed by atoms with Gasteiger partial charge in [0.05, 0.1) is 16.8 Å². The van der Waals surface area contributed by atoms with Crippen molar-refractivity contribution in [2.75, 3.05) is 5.32 Å². The molecule has 0 radical (unpaired) electrons. The first-order valence-corrected chi connectivity index (χ1v) is 6.68. The van der Waals surface area contributed by atoms with Gasteiger partial charge in [0.15, 0.2) is 17.5 Å². The molecule has 0 aliphatic rings. The third-order valence-corrected chi connectivity index (χ3v) is 3.80. The molecular weight excluding hydrogens is 285 g/mol. The maximum absolute atomic E-state index is 13.1. The third-order valence-electron chi connectivity index (χ3n) is 2.77. The zero-order chi connectivity index (χ0) is 14.1. The number of aromatic nitrogens is 1. The summed E-state index contributed by atoms with van der Waals surface area (Å²) in [6.45, 7) is 0.323. The van der Waals surface area contributed by atoms with Crippen LogP contribution in [-0.4, -0.2) is 4.98 Å². The van der Waals surface area contributed by atoms with Crippen molar-refractivity contribution in [3.05, 3.63) is 58.9 Å². The highest BCUT2D eigenvalue weighted by molar-refractivity contribution is 7.18. The first-order chi connectivity index (χ1) is 9.63. The molecule has 2 aromatic carbocycles. The number of rotatable bonds is 3. The Morgan fingerprint density at radius 3 is 2.45 bits per heavy atom. The lowest BCUT2D eigenvalue weighted by molar-refractivity contribution is 0.447. The summed E-state index contributed by atoms with van der Waals surface area (Å²) >= 11 is 1.49. The van der Waals surface area contributed by atoms with Crippen LogP contribution in [-0.2, 0) is 6.54 Å². The summed E-state index contributed by atoms with van der Waals surface area (Å²) in [5.74, 6) is -3.89. The van der Waals surface area contributed by atoms with Crippen molar-refractivity contribution in [1.29, 1.82) is 0 Å². The highest BCUT2D eigenvalue weighted by Gasteiger charge is 2.10. The highest BCUT2D eigenvalue weighted by Crippen LogP contribution is 2.23. The second kappa shape index (κ2) is 5.13. The fourth-order valence-electron chi connectivity index (χ4n) is 1.83. The van der Waals surface area contributed by atoms with E-state index in [-0.39, 0.29) is 5.69 Å². The Morgan fingerprint density at radius 1 is 1.05 bits per heavy atom. The van der Waals surface area contributed by atoms with Crippen LogP contribution < -0.4 is 5.32 Å². The number of nitrogens with zero attached hydrogens (tertiary/aromatic N) is 1. The molecular formula is C14H9F3N2S. The molecule has 0 aliphatic carbocycles. The van der Waals surface area contributed by atoms with Crippen LogP contribution in [0.15, 0.2) is 36.4 Å². The molecule has 0 saturated heterocycles. The summed E-state index contributed by atoms with van der Waals surface area (Å²) in [4.78, 5) is 4.38. The van der Waals surface area contributed by atoms with Crippen molar-refractivity contribution in [3.63, 3.8) is 0 Å². The van der Waals surface area contributed by atoms with Gasteiger partial charge in [-0.2, -0.15) is 0 Å². The highest BCUT2D eigenvalue weighted by atomic mass is 32.1. The molecule has 3 rings (SSSR count). The number of nitrogens with one attached hydrogen (secondary N) is 1. The first kappa shape index (κ1) is 12.9. The van der Waals surface area contributed by atoms with E-state index in [2.05, 4.69) is 10.3 Å². The molecule has 1 heterocycles. The quantitative estimate of drug-likeness (QED) is 0.727. The van der Waals surface area contributed by atoms with E-state index < -0.39 is 17.5 Å². The van der Waals surface area contributed by atoms with Crippen molar-refractivity contribution in [1.82, 2.24) is 4.98 Å². The minimum Gasteiger partial charge on any atom is -0.378 e. The van der Waals surface area contributed by atoms with E-state index in [1.165, 1.54) is 11.3 Å². The first-order valence-electron chi connectivity index (χ1n) is 5.86. The number of hydrogen-bond donors (Lipinski definition) is 1. The van der Waals surface area contributed by atoms with Gasteiger partial charge in [0, 0.05) is 17.8 Å². The second-order valence-electron chi connectivity index (χ2n) is 4.18. The Balaban J connectivity index is 1.79. The summed E-state index contributed by atoms with van der Waals surface area (Å²) in [6.07, 6.45) is 0. The van der Waals surface area contributed by atoms with Gasteiger partial charge in [0.1, 0.15) is 5.01 Å². The number of benzene rings is 2. The molecule has 2 nitrogen and oxygen atoms in total. The fraction of sp³-hybridized carbons (Fsp3) is 0.0714. The molecule has 6 heteroatoms. The van der Waals surface area contributed by atoms with Gasteiger partial charge in [-0.3, -0.25) is 0 Å². The minimum atomic E-state index is -1.46. The van der Waals surface area contributed by atoms with E-state index in [1.54, 1.807) is 0 Å². The molecule has 3 aromatic rings. The van der Waals surface area contributed by atoms with E-state index in [1.807, 2.05) is 24.3 Å². The van der Waals surface area contributed by atoms with Crippen LogP contribution in [0.3, 0.4) is 0 Å². The topological polar surface area (TPSA) is 24.9 Å². The van der Waals surface area contributed by atoms with Crippen molar-refractivity contribution in [2.45, 2.75) is 6.54 Å². The molecule has 1 N–H and O–H groups in total. The lowest BCUT2D eigenvalue weighted by Crippen LogP contribution is -2.01. The zero-order valence-electron chi connectivity index (χ0n) is 10.2. The third kappa shape index (κ3) is 2.46. The van der Waals surface area contributed by atoms with E-state index in [0.717, 1.165) is 27.4 Å². The Bertz CT molecular complexity index is 714. The van der Waals surface area contributed by atoms with Crippen LogP contribution in [0.4, 0.5) is 18.9 Å². The zero-order valence-corrected chi connectivity index (χ0v) is 11.0. The minimum absolute atomic E-state index is 0.181. The molecule has 102 valence electrons. The lowest BCUT2D eigenvalue weighted by Gasteiger charge is -2.05. The van der Waals surface area contributed by atoms with Crippen molar-refractivity contribution in [2.24, 2.45) is 0 Å². The molecule has 1 aromatic heterocycles. The van der Waals surface area contributed by atoms with Crippen LogP contribution in [0, 0.1) is 17.5 Å². The monoisotopic (exact) mass is 294 g/mol. The number of anilines is 1. The van der Waals surface area contributed by atoms with Gasteiger partial charge in [0.25, 0.3) is 0 Å². The molecule has 0 amide bonds. The molecule has 0 aliphatic heterocycles. The van der Waals surface area contributed by atoms with Crippen LogP contribution in [0.5, 0.6) is 0 Å². The van der Waals surface area contributed by atoms with Gasteiger partial charge >= 0.3 is 0 Å². The van der Waals surface area contributed by atoms with Gasteiger partial charge < -0.3 is 5.32 Å². The number of hydrogen-bond acceptors (Lipinski definition) is 3. The Morgan fingerprint density at radius 2 is 1.75 bits per heavy atom.